The number of amides is 1. The molecule has 1 heterocycles. The molecule has 0 saturated carbocycles. The van der Waals surface area contributed by atoms with E-state index in [1.807, 2.05) is 30.3 Å². The van der Waals surface area contributed by atoms with Crippen molar-refractivity contribution in [3.63, 3.8) is 0 Å². The molecule has 3 rings (SSSR count). The van der Waals surface area contributed by atoms with Gasteiger partial charge in [0.25, 0.3) is 0 Å². The van der Waals surface area contributed by atoms with Crippen molar-refractivity contribution < 1.29 is 13.9 Å². The van der Waals surface area contributed by atoms with Crippen molar-refractivity contribution in [3.8, 4) is 5.75 Å². The lowest BCUT2D eigenvalue weighted by Gasteiger charge is -2.31. The molecule has 1 atom stereocenters. The molecule has 1 aliphatic rings. The highest BCUT2D eigenvalue weighted by atomic mass is 19.1. The number of halogens is 1. The minimum Gasteiger partial charge on any atom is -0.492 e. The van der Waals surface area contributed by atoms with Crippen molar-refractivity contribution in [1.29, 1.82) is 0 Å². The zero-order chi connectivity index (χ0) is 17.5. The predicted molar refractivity (Wildman–Crippen MR) is 96.1 cm³/mol. The maximum absolute atomic E-state index is 13.1. The molecule has 0 aliphatic carbocycles. The van der Waals surface area contributed by atoms with E-state index in [1.165, 1.54) is 12.1 Å². The number of para-hydroxylation sites is 1. The summed E-state index contributed by atoms with van der Waals surface area (Å²) >= 11 is 0. The van der Waals surface area contributed by atoms with Gasteiger partial charge in [-0.05, 0) is 43.7 Å². The van der Waals surface area contributed by atoms with Gasteiger partial charge in [0.2, 0.25) is 5.91 Å². The fraction of sp³-hybridized carbons (Fsp3) is 0.350. The molecule has 1 amide bonds. The predicted octanol–water partition coefficient (Wildman–Crippen LogP) is 3.56. The Balaban J connectivity index is 1.45. The number of anilines is 1. The molecule has 132 valence electrons. The minimum absolute atomic E-state index is 0.0110. The van der Waals surface area contributed by atoms with Crippen LogP contribution in [0.15, 0.2) is 54.6 Å². The molecule has 1 unspecified atom stereocenters. The molecule has 25 heavy (non-hydrogen) atoms. The zero-order valence-electron chi connectivity index (χ0n) is 14.2. The molecule has 0 spiro atoms. The van der Waals surface area contributed by atoms with Crippen molar-refractivity contribution in [2.45, 2.75) is 12.8 Å². The van der Waals surface area contributed by atoms with Crippen LogP contribution in [0.3, 0.4) is 0 Å². The number of nitrogens with zero attached hydrogens (tertiary/aromatic N) is 1. The number of hydrogen-bond acceptors (Lipinski definition) is 3. The molecular weight excluding hydrogens is 319 g/mol. The first-order chi connectivity index (χ1) is 12.2. The van der Waals surface area contributed by atoms with Gasteiger partial charge in [0.05, 0.1) is 5.92 Å². The molecule has 0 aromatic heterocycles. The number of likely N-dealkylation sites (tertiary alicyclic amines) is 1. The van der Waals surface area contributed by atoms with E-state index in [0.29, 0.717) is 12.4 Å². The van der Waals surface area contributed by atoms with Crippen LogP contribution in [0, 0.1) is 11.7 Å². The van der Waals surface area contributed by atoms with Gasteiger partial charge in [-0.25, -0.2) is 4.39 Å². The average molecular weight is 342 g/mol. The zero-order valence-corrected chi connectivity index (χ0v) is 14.2. The van der Waals surface area contributed by atoms with Gasteiger partial charge < -0.3 is 10.1 Å². The first-order valence-electron chi connectivity index (χ1n) is 8.67. The number of hydrogen-bond donors (Lipinski definition) is 1. The second-order valence-electron chi connectivity index (χ2n) is 6.30. The summed E-state index contributed by atoms with van der Waals surface area (Å²) in [6.45, 7) is 2.90. The molecule has 2 aromatic carbocycles. The van der Waals surface area contributed by atoms with Gasteiger partial charge in [0.1, 0.15) is 18.2 Å². The number of benzene rings is 2. The maximum Gasteiger partial charge on any atom is 0.228 e. The summed E-state index contributed by atoms with van der Waals surface area (Å²) in [6, 6.07) is 15.7. The van der Waals surface area contributed by atoms with Crippen molar-refractivity contribution >= 4 is 11.6 Å². The summed E-state index contributed by atoms with van der Waals surface area (Å²) in [5, 5.41) is 2.98. The van der Waals surface area contributed by atoms with Gasteiger partial charge in [0, 0.05) is 24.8 Å². The highest BCUT2D eigenvalue weighted by Crippen LogP contribution is 2.19. The minimum atomic E-state index is -0.298. The van der Waals surface area contributed by atoms with Crippen molar-refractivity contribution in [1.82, 2.24) is 4.90 Å². The molecule has 0 bridgehead atoms. The van der Waals surface area contributed by atoms with Crippen LogP contribution in [-0.2, 0) is 4.79 Å². The van der Waals surface area contributed by atoms with Crippen LogP contribution in [0.2, 0.25) is 0 Å². The van der Waals surface area contributed by atoms with Crippen molar-refractivity contribution in [2.75, 3.05) is 31.6 Å². The lowest BCUT2D eigenvalue weighted by molar-refractivity contribution is -0.121. The van der Waals surface area contributed by atoms with Gasteiger partial charge >= 0.3 is 0 Å². The van der Waals surface area contributed by atoms with Gasteiger partial charge in [-0.2, -0.15) is 0 Å². The number of rotatable bonds is 6. The average Bonchev–Trinajstić information content (AvgIpc) is 2.63. The largest absolute Gasteiger partial charge is 0.492 e. The Morgan fingerprint density at radius 1 is 1.20 bits per heavy atom. The Labute approximate surface area is 147 Å². The fourth-order valence-electron chi connectivity index (χ4n) is 3.09. The summed E-state index contributed by atoms with van der Waals surface area (Å²) in [5.74, 6) is 0.300. The molecule has 1 fully saturated rings. The number of nitrogens with one attached hydrogen (secondary N) is 1. The number of piperidine rings is 1. The summed E-state index contributed by atoms with van der Waals surface area (Å²) in [5.41, 5.74) is 0.832. The molecular formula is C20H23FN2O2. The number of carbonyl (C=O) groups is 1. The van der Waals surface area contributed by atoms with Crippen LogP contribution in [0.4, 0.5) is 10.1 Å². The van der Waals surface area contributed by atoms with E-state index in [4.69, 9.17) is 4.74 Å². The van der Waals surface area contributed by atoms with Gasteiger partial charge in [-0.15, -0.1) is 0 Å². The Morgan fingerprint density at radius 2 is 2.04 bits per heavy atom. The quantitative estimate of drug-likeness (QED) is 0.873. The highest BCUT2D eigenvalue weighted by molar-refractivity contribution is 5.92. The summed E-state index contributed by atoms with van der Waals surface area (Å²) in [7, 11) is 0. The SMILES string of the molecule is O=C(Nc1ccccc1)C1CCCN(CCOc2cccc(F)c2)C1. The van der Waals surface area contributed by atoms with E-state index in [0.717, 1.165) is 38.2 Å². The molecule has 1 aliphatic heterocycles. The standard InChI is InChI=1S/C20H23FN2O2/c21-17-7-4-10-19(14-17)25-13-12-23-11-5-6-16(15-23)20(24)22-18-8-2-1-3-9-18/h1-4,7-10,14,16H,5-6,11-13,15H2,(H,22,24). The molecule has 0 radical (unpaired) electrons. The van der Waals surface area contributed by atoms with Crippen LogP contribution in [0.1, 0.15) is 12.8 Å². The van der Waals surface area contributed by atoms with Gasteiger partial charge in [-0.1, -0.05) is 24.3 Å². The van der Waals surface area contributed by atoms with E-state index >= 15 is 0 Å². The first kappa shape index (κ1) is 17.4. The molecule has 4 nitrogen and oxygen atoms in total. The topological polar surface area (TPSA) is 41.6 Å². The lowest BCUT2D eigenvalue weighted by Crippen LogP contribution is -2.42. The second-order valence-corrected chi connectivity index (χ2v) is 6.30. The Hall–Kier alpha value is -2.40. The third-order valence-corrected chi connectivity index (χ3v) is 4.39. The fourth-order valence-corrected chi connectivity index (χ4v) is 3.09. The van der Waals surface area contributed by atoms with Crippen molar-refractivity contribution in [2.24, 2.45) is 5.92 Å². The van der Waals surface area contributed by atoms with Crippen LogP contribution in [0.25, 0.3) is 0 Å². The number of ether oxygens (including phenoxy) is 1. The normalized spacial score (nSPS) is 17.9. The highest BCUT2D eigenvalue weighted by Gasteiger charge is 2.25. The lowest BCUT2D eigenvalue weighted by atomic mass is 9.97. The molecule has 1 saturated heterocycles. The van der Waals surface area contributed by atoms with Crippen LogP contribution in [-0.4, -0.2) is 37.0 Å². The van der Waals surface area contributed by atoms with Gasteiger partial charge in [-0.3, -0.25) is 9.69 Å². The third kappa shape index (κ3) is 5.29. The number of carbonyl (C=O) groups excluding carboxylic acids is 1. The Bertz CT molecular complexity index is 693. The smallest absolute Gasteiger partial charge is 0.228 e. The maximum atomic E-state index is 13.1. The van der Waals surface area contributed by atoms with Crippen LogP contribution < -0.4 is 10.1 Å². The summed E-state index contributed by atoms with van der Waals surface area (Å²) in [4.78, 5) is 14.7. The molecule has 2 aromatic rings. The van der Waals surface area contributed by atoms with E-state index in [9.17, 15) is 9.18 Å². The van der Waals surface area contributed by atoms with Crippen molar-refractivity contribution in [3.05, 3.63) is 60.4 Å². The monoisotopic (exact) mass is 342 g/mol. The van der Waals surface area contributed by atoms with Crippen LogP contribution in [0.5, 0.6) is 5.75 Å². The molecule has 5 heteroatoms. The van der Waals surface area contributed by atoms with E-state index in [-0.39, 0.29) is 17.6 Å². The summed E-state index contributed by atoms with van der Waals surface area (Å²) in [6.07, 6.45) is 1.90. The van der Waals surface area contributed by atoms with Gasteiger partial charge in [0.15, 0.2) is 0 Å². The Kier molecular flexibility index (Phi) is 6.01. The summed E-state index contributed by atoms with van der Waals surface area (Å²) < 4.78 is 18.7. The third-order valence-electron chi connectivity index (χ3n) is 4.39. The van der Waals surface area contributed by atoms with E-state index < -0.39 is 0 Å². The second kappa shape index (κ2) is 8.62. The van der Waals surface area contributed by atoms with Crippen LogP contribution >= 0.6 is 0 Å². The van der Waals surface area contributed by atoms with E-state index in [2.05, 4.69) is 10.2 Å². The molecule has 1 N–H and O–H groups in total. The Morgan fingerprint density at radius 3 is 2.84 bits per heavy atom. The first-order valence-corrected chi connectivity index (χ1v) is 8.67. The van der Waals surface area contributed by atoms with E-state index in [1.54, 1.807) is 12.1 Å².